The summed E-state index contributed by atoms with van der Waals surface area (Å²) in [4.78, 5) is 7.72. The summed E-state index contributed by atoms with van der Waals surface area (Å²) in [5.74, 6) is -0.0296. The molecule has 1 aromatic rings. The van der Waals surface area contributed by atoms with Gasteiger partial charge < -0.3 is 0 Å². The number of rotatable bonds is 2. The van der Waals surface area contributed by atoms with E-state index in [0.29, 0.717) is 6.42 Å². The number of aromatic nitrogens is 2. The molecule has 1 aliphatic carbocycles. The zero-order valence-electron chi connectivity index (χ0n) is 6.79. The van der Waals surface area contributed by atoms with Gasteiger partial charge in [0, 0.05) is 17.8 Å². The third-order valence-corrected chi connectivity index (χ3v) is 3.50. The van der Waals surface area contributed by atoms with Gasteiger partial charge in [0.05, 0.1) is 5.25 Å². The van der Waals surface area contributed by atoms with Crippen LogP contribution in [0.4, 0.5) is 0 Å². The van der Waals surface area contributed by atoms with Crippen LogP contribution in [0.15, 0.2) is 18.6 Å². The summed E-state index contributed by atoms with van der Waals surface area (Å²) in [5, 5.41) is 4.56. The van der Waals surface area contributed by atoms with Gasteiger partial charge in [-0.2, -0.15) is 0 Å². The van der Waals surface area contributed by atoms with Crippen LogP contribution in [-0.2, 0) is 10.0 Å². The SMILES string of the molecule is NS(=O)(=O)[C@@H]1C[C@H]1c1ccncn1. The van der Waals surface area contributed by atoms with Crippen LogP contribution >= 0.6 is 0 Å². The molecule has 1 aromatic heterocycles. The molecule has 2 rings (SSSR count). The molecular formula is C7H9N3O2S. The van der Waals surface area contributed by atoms with Gasteiger partial charge in [-0.05, 0) is 12.5 Å². The molecule has 0 aromatic carbocycles. The van der Waals surface area contributed by atoms with Crippen LogP contribution in [0.5, 0.6) is 0 Å². The van der Waals surface area contributed by atoms with Crippen molar-refractivity contribution in [2.24, 2.45) is 5.14 Å². The van der Waals surface area contributed by atoms with Gasteiger partial charge >= 0.3 is 0 Å². The van der Waals surface area contributed by atoms with Crippen LogP contribution in [-0.4, -0.2) is 23.6 Å². The Bertz CT molecular complexity index is 403. The highest BCUT2D eigenvalue weighted by molar-refractivity contribution is 7.90. The first-order valence-corrected chi connectivity index (χ1v) is 5.47. The lowest BCUT2D eigenvalue weighted by Crippen LogP contribution is -2.18. The Labute approximate surface area is 76.1 Å². The molecule has 1 heterocycles. The van der Waals surface area contributed by atoms with Gasteiger partial charge in [-0.1, -0.05) is 0 Å². The third-order valence-electron chi connectivity index (χ3n) is 2.14. The van der Waals surface area contributed by atoms with E-state index < -0.39 is 15.3 Å². The fraction of sp³-hybridized carbons (Fsp3) is 0.429. The Morgan fingerprint density at radius 2 is 2.31 bits per heavy atom. The van der Waals surface area contributed by atoms with E-state index in [-0.39, 0.29) is 5.92 Å². The van der Waals surface area contributed by atoms with Gasteiger partial charge in [0.2, 0.25) is 10.0 Å². The fourth-order valence-corrected chi connectivity index (χ4v) is 2.44. The van der Waals surface area contributed by atoms with Crippen LogP contribution in [0.3, 0.4) is 0 Å². The molecule has 0 unspecified atom stereocenters. The van der Waals surface area contributed by atoms with E-state index in [9.17, 15) is 8.42 Å². The van der Waals surface area contributed by atoms with Gasteiger partial charge in [-0.25, -0.2) is 23.5 Å². The van der Waals surface area contributed by atoms with Crippen LogP contribution in [0.2, 0.25) is 0 Å². The number of primary sulfonamides is 1. The monoisotopic (exact) mass is 199 g/mol. The van der Waals surface area contributed by atoms with Crippen LogP contribution < -0.4 is 5.14 Å². The lowest BCUT2D eigenvalue weighted by Gasteiger charge is -1.96. The van der Waals surface area contributed by atoms with Crippen molar-refractivity contribution in [2.75, 3.05) is 0 Å². The van der Waals surface area contributed by atoms with E-state index in [1.807, 2.05) is 0 Å². The number of sulfonamides is 1. The lowest BCUT2D eigenvalue weighted by molar-refractivity contribution is 0.595. The normalized spacial score (nSPS) is 27.2. The summed E-state index contributed by atoms with van der Waals surface area (Å²) < 4.78 is 21.8. The van der Waals surface area contributed by atoms with Crippen molar-refractivity contribution in [2.45, 2.75) is 17.6 Å². The van der Waals surface area contributed by atoms with Crippen molar-refractivity contribution in [1.29, 1.82) is 0 Å². The van der Waals surface area contributed by atoms with Crippen molar-refractivity contribution < 1.29 is 8.42 Å². The van der Waals surface area contributed by atoms with Crippen molar-refractivity contribution in [3.8, 4) is 0 Å². The Morgan fingerprint density at radius 3 is 2.77 bits per heavy atom. The first-order valence-electron chi connectivity index (χ1n) is 3.86. The quantitative estimate of drug-likeness (QED) is 0.703. The van der Waals surface area contributed by atoms with Crippen LogP contribution in [0.1, 0.15) is 18.0 Å². The predicted octanol–water partition coefficient (Wildman–Crippen LogP) is -0.379. The van der Waals surface area contributed by atoms with Crippen molar-refractivity contribution in [3.63, 3.8) is 0 Å². The number of nitrogens with two attached hydrogens (primary N) is 1. The number of hydrogen-bond donors (Lipinski definition) is 1. The first-order chi connectivity index (χ1) is 6.09. The maximum absolute atomic E-state index is 10.9. The highest BCUT2D eigenvalue weighted by Gasteiger charge is 2.47. The number of nitrogens with zero attached hydrogens (tertiary/aromatic N) is 2. The van der Waals surface area contributed by atoms with Crippen molar-refractivity contribution in [3.05, 3.63) is 24.3 Å². The molecule has 70 valence electrons. The maximum Gasteiger partial charge on any atom is 0.212 e. The highest BCUT2D eigenvalue weighted by atomic mass is 32.2. The van der Waals surface area contributed by atoms with Gasteiger partial charge in [0.15, 0.2) is 0 Å². The summed E-state index contributed by atoms with van der Waals surface area (Å²) in [7, 11) is -3.39. The average molecular weight is 199 g/mol. The molecule has 0 saturated heterocycles. The molecule has 13 heavy (non-hydrogen) atoms. The maximum atomic E-state index is 10.9. The summed E-state index contributed by atoms with van der Waals surface area (Å²) in [6.07, 6.45) is 3.59. The molecule has 2 N–H and O–H groups in total. The Balaban J connectivity index is 2.18. The standard InChI is InChI=1S/C7H9N3O2S/c8-13(11,12)7-3-5(7)6-1-2-9-4-10-6/h1-2,4-5,7H,3H2,(H2,8,11,12)/t5-,7+/m0/s1. The fourth-order valence-electron chi connectivity index (χ4n) is 1.37. The first kappa shape index (κ1) is 8.58. The molecule has 0 aliphatic heterocycles. The van der Waals surface area contributed by atoms with Crippen molar-refractivity contribution >= 4 is 10.0 Å². The molecule has 1 fully saturated rings. The minimum Gasteiger partial charge on any atom is -0.245 e. The van der Waals surface area contributed by atoms with E-state index >= 15 is 0 Å². The van der Waals surface area contributed by atoms with E-state index in [1.165, 1.54) is 6.33 Å². The molecular weight excluding hydrogens is 190 g/mol. The largest absolute Gasteiger partial charge is 0.245 e. The molecule has 2 atom stereocenters. The second kappa shape index (κ2) is 2.74. The molecule has 1 aliphatic rings. The van der Waals surface area contributed by atoms with E-state index in [0.717, 1.165) is 5.69 Å². The van der Waals surface area contributed by atoms with Gasteiger partial charge in [0.25, 0.3) is 0 Å². The van der Waals surface area contributed by atoms with Gasteiger partial charge in [-0.15, -0.1) is 0 Å². The van der Waals surface area contributed by atoms with Gasteiger partial charge in [0.1, 0.15) is 6.33 Å². The van der Waals surface area contributed by atoms with Gasteiger partial charge in [-0.3, -0.25) is 0 Å². The summed E-state index contributed by atoms with van der Waals surface area (Å²) in [6.45, 7) is 0. The Morgan fingerprint density at radius 1 is 1.54 bits per heavy atom. The summed E-state index contributed by atoms with van der Waals surface area (Å²) >= 11 is 0. The lowest BCUT2D eigenvalue weighted by atomic mass is 10.3. The second-order valence-corrected chi connectivity index (χ2v) is 4.89. The average Bonchev–Trinajstić information content (AvgIpc) is 2.83. The third kappa shape index (κ3) is 1.68. The van der Waals surface area contributed by atoms with E-state index in [2.05, 4.69) is 9.97 Å². The molecule has 6 heteroatoms. The summed E-state index contributed by atoms with van der Waals surface area (Å²) in [6, 6.07) is 1.72. The van der Waals surface area contributed by atoms with E-state index in [4.69, 9.17) is 5.14 Å². The predicted molar refractivity (Wildman–Crippen MR) is 46.3 cm³/mol. The van der Waals surface area contributed by atoms with Crippen LogP contribution in [0.25, 0.3) is 0 Å². The number of hydrogen-bond acceptors (Lipinski definition) is 4. The zero-order chi connectivity index (χ0) is 9.47. The van der Waals surface area contributed by atoms with Crippen molar-refractivity contribution in [1.82, 2.24) is 9.97 Å². The Hall–Kier alpha value is -1.01. The second-order valence-electron chi connectivity index (χ2n) is 3.10. The smallest absolute Gasteiger partial charge is 0.212 e. The van der Waals surface area contributed by atoms with Crippen LogP contribution in [0, 0.1) is 0 Å². The Kier molecular flexibility index (Phi) is 1.81. The molecule has 0 bridgehead atoms. The molecule has 5 nitrogen and oxygen atoms in total. The molecule has 0 amide bonds. The molecule has 0 spiro atoms. The topological polar surface area (TPSA) is 85.9 Å². The molecule has 1 saturated carbocycles. The van der Waals surface area contributed by atoms with E-state index in [1.54, 1.807) is 12.3 Å². The zero-order valence-corrected chi connectivity index (χ0v) is 7.61. The minimum atomic E-state index is -3.39. The minimum absolute atomic E-state index is 0.0296. The molecule has 0 radical (unpaired) electrons. The highest BCUT2D eigenvalue weighted by Crippen LogP contribution is 2.43. The summed E-state index contributed by atoms with van der Waals surface area (Å²) in [5.41, 5.74) is 0.758.